The molecule has 0 spiro atoms. The summed E-state index contributed by atoms with van der Waals surface area (Å²) in [5, 5.41) is 8.91. The van der Waals surface area contributed by atoms with E-state index in [4.69, 9.17) is 25.8 Å². The summed E-state index contributed by atoms with van der Waals surface area (Å²) in [6.07, 6.45) is -2.62. The maximum Gasteiger partial charge on any atom is 0.422 e. The minimum atomic E-state index is -4.67. The molecule has 11 nitrogen and oxygen atoms in total. The molecule has 1 aromatic carbocycles. The molecule has 0 fully saturated rings. The van der Waals surface area contributed by atoms with E-state index in [1.807, 2.05) is 0 Å². The van der Waals surface area contributed by atoms with Gasteiger partial charge in [-0.1, -0.05) is 18.5 Å². The molecule has 0 bridgehead atoms. The monoisotopic (exact) mass is 618 g/mol. The van der Waals surface area contributed by atoms with E-state index in [0.717, 1.165) is 0 Å². The number of benzene rings is 1. The predicted octanol–water partition coefficient (Wildman–Crippen LogP) is 5.36. The number of hydrogen-bond acceptors (Lipinski definition) is 8. The Morgan fingerprint density at radius 3 is 2.54 bits per heavy atom. The second-order valence-corrected chi connectivity index (χ2v) is 10.4. The van der Waals surface area contributed by atoms with Gasteiger partial charge in [-0.3, -0.25) is 4.98 Å². The van der Waals surface area contributed by atoms with Crippen molar-refractivity contribution in [2.24, 2.45) is 0 Å². The maximum atomic E-state index is 13.1. The first kappa shape index (κ1) is 31.9. The first-order valence-corrected chi connectivity index (χ1v) is 13.8. The number of methoxy groups -OCH3 is 1. The van der Waals surface area contributed by atoms with Crippen LogP contribution >= 0.6 is 11.6 Å². The molecule has 3 rings (SSSR count). The van der Waals surface area contributed by atoms with Crippen LogP contribution in [0.2, 0.25) is 5.02 Å². The van der Waals surface area contributed by atoms with E-state index in [1.165, 1.54) is 31.6 Å². The largest absolute Gasteiger partial charge is 0.491 e. The fourth-order valence-corrected chi connectivity index (χ4v) is 4.82. The van der Waals surface area contributed by atoms with Crippen molar-refractivity contribution in [3.8, 4) is 28.5 Å². The quantitative estimate of drug-likeness (QED) is 0.242. The zero-order valence-electron chi connectivity index (χ0n) is 21.8. The SMILES string of the molecule is CCCN(C(=O)O)S(=O)(=O)NCc1ccncc1-c1ccc(OCCOC)cc1Oc1ncc(C(F)(F)F)cc1Cl. The zero-order valence-corrected chi connectivity index (χ0v) is 23.4. The Labute approximate surface area is 239 Å². The maximum absolute atomic E-state index is 13.1. The number of rotatable bonds is 13. The van der Waals surface area contributed by atoms with Gasteiger partial charge in [-0.2, -0.15) is 30.6 Å². The number of amides is 1. The second kappa shape index (κ2) is 13.8. The Hall–Kier alpha value is -3.66. The molecule has 222 valence electrons. The van der Waals surface area contributed by atoms with Crippen molar-refractivity contribution < 1.29 is 45.7 Å². The van der Waals surface area contributed by atoms with Gasteiger partial charge in [0.1, 0.15) is 23.1 Å². The van der Waals surface area contributed by atoms with E-state index in [-0.39, 0.29) is 44.4 Å². The summed E-state index contributed by atoms with van der Waals surface area (Å²) < 4.78 is 83.6. The summed E-state index contributed by atoms with van der Waals surface area (Å²) in [5.41, 5.74) is 0.0312. The van der Waals surface area contributed by atoms with E-state index in [9.17, 15) is 31.5 Å². The van der Waals surface area contributed by atoms with Crippen molar-refractivity contribution in [2.45, 2.75) is 26.1 Å². The molecule has 0 aliphatic carbocycles. The lowest BCUT2D eigenvalue weighted by Gasteiger charge is -2.20. The molecule has 0 radical (unpaired) electrons. The molecule has 0 atom stereocenters. The van der Waals surface area contributed by atoms with Crippen molar-refractivity contribution in [3.05, 3.63) is 65.1 Å². The van der Waals surface area contributed by atoms with Crippen LogP contribution in [0.4, 0.5) is 18.0 Å². The Balaban J connectivity index is 2.01. The lowest BCUT2D eigenvalue weighted by atomic mass is 10.0. The van der Waals surface area contributed by atoms with E-state index in [2.05, 4.69) is 14.7 Å². The molecule has 2 heterocycles. The molecule has 41 heavy (non-hydrogen) atoms. The van der Waals surface area contributed by atoms with Crippen LogP contribution in [-0.2, 0) is 27.7 Å². The van der Waals surface area contributed by atoms with Crippen LogP contribution in [0.5, 0.6) is 17.4 Å². The lowest BCUT2D eigenvalue weighted by Crippen LogP contribution is -2.43. The standard InChI is InChI=1S/C25H26ClF3N4O7S/c1-3-8-33(24(34)35)41(36,37)32-13-16-6-7-30-15-20(16)19-5-4-18(39-10-9-38-2)12-22(19)40-23-21(26)11-17(14-31-23)25(27,28)29/h4-7,11-12,14-15,32H,3,8-10,13H2,1-2H3,(H,34,35). The number of alkyl halides is 3. The highest BCUT2D eigenvalue weighted by atomic mass is 35.5. The summed E-state index contributed by atoms with van der Waals surface area (Å²) >= 11 is 6.06. The minimum Gasteiger partial charge on any atom is -0.491 e. The van der Waals surface area contributed by atoms with Gasteiger partial charge in [0.05, 0.1) is 12.2 Å². The minimum absolute atomic E-state index is 0.0596. The van der Waals surface area contributed by atoms with E-state index < -0.39 is 33.1 Å². The lowest BCUT2D eigenvalue weighted by molar-refractivity contribution is -0.137. The molecule has 2 N–H and O–H groups in total. The van der Waals surface area contributed by atoms with Gasteiger partial charge in [-0.05, 0) is 36.2 Å². The molecular formula is C25H26ClF3N4O7S. The number of carbonyl (C=O) groups is 1. The molecule has 16 heteroatoms. The van der Waals surface area contributed by atoms with Crippen molar-refractivity contribution in [1.29, 1.82) is 0 Å². The number of ether oxygens (including phenoxy) is 3. The van der Waals surface area contributed by atoms with Gasteiger partial charge < -0.3 is 19.3 Å². The van der Waals surface area contributed by atoms with Crippen molar-refractivity contribution in [1.82, 2.24) is 19.0 Å². The van der Waals surface area contributed by atoms with Gasteiger partial charge in [0.2, 0.25) is 5.88 Å². The molecule has 0 unspecified atom stereocenters. The molecule has 0 saturated heterocycles. The van der Waals surface area contributed by atoms with E-state index in [1.54, 1.807) is 19.1 Å². The average Bonchev–Trinajstić information content (AvgIpc) is 2.91. The first-order valence-electron chi connectivity index (χ1n) is 12.0. The van der Waals surface area contributed by atoms with E-state index >= 15 is 0 Å². The van der Waals surface area contributed by atoms with Crippen LogP contribution < -0.4 is 14.2 Å². The molecular weight excluding hydrogens is 593 g/mol. The van der Waals surface area contributed by atoms with Gasteiger partial charge in [-0.25, -0.2) is 9.78 Å². The van der Waals surface area contributed by atoms with Crippen LogP contribution in [0.25, 0.3) is 11.1 Å². The Kier molecular flexibility index (Phi) is 10.7. The molecule has 2 aromatic heterocycles. The topological polar surface area (TPSA) is 140 Å². The summed E-state index contributed by atoms with van der Waals surface area (Å²) in [4.78, 5) is 19.3. The number of hydrogen-bond donors (Lipinski definition) is 2. The average molecular weight is 619 g/mol. The van der Waals surface area contributed by atoms with Gasteiger partial charge >= 0.3 is 22.5 Å². The van der Waals surface area contributed by atoms with Crippen molar-refractivity contribution in [2.75, 3.05) is 26.9 Å². The fraction of sp³-hybridized carbons (Fsp3) is 0.320. The Morgan fingerprint density at radius 1 is 1.15 bits per heavy atom. The molecule has 0 aliphatic heterocycles. The first-order chi connectivity index (χ1) is 19.4. The number of halogens is 4. The number of pyridine rings is 2. The van der Waals surface area contributed by atoms with Gasteiger partial charge in [0.15, 0.2) is 0 Å². The summed E-state index contributed by atoms with van der Waals surface area (Å²) in [6, 6.07) is 6.81. The third kappa shape index (κ3) is 8.42. The number of aromatic nitrogens is 2. The second-order valence-electron chi connectivity index (χ2n) is 8.32. The highest BCUT2D eigenvalue weighted by Crippen LogP contribution is 2.40. The van der Waals surface area contributed by atoms with Crippen LogP contribution in [0.15, 0.2) is 48.9 Å². The Bertz CT molecular complexity index is 1480. The summed E-state index contributed by atoms with van der Waals surface area (Å²) in [7, 11) is -2.90. The molecule has 3 aromatic rings. The molecule has 1 amide bonds. The fourth-order valence-electron chi connectivity index (χ4n) is 3.49. The van der Waals surface area contributed by atoms with Crippen molar-refractivity contribution in [3.63, 3.8) is 0 Å². The number of nitrogens with zero attached hydrogens (tertiary/aromatic N) is 3. The van der Waals surface area contributed by atoms with Crippen LogP contribution in [0, 0.1) is 0 Å². The third-order valence-electron chi connectivity index (χ3n) is 5.43. The number of carboxylic acid groups (broad SMARTS) is 1. The van der Waals surface area contributed by atoms with Gasteiger partial charge in [-0.15, -0.1) is 0 Å². The van der Waals surface area contributed by atoms with Crippen molar-refractivity contribution >= 4 is 27.9 Å². The molecule has 0 saturated carbocycles. The van der Waals surface area contributed by atoms with Gasteiger partial charge in [0.25, 0.3) is 0 Å². The summed E-state index contributed by atoms with van der Waals surface area (Å²) in [6.45, 7) is 1.54. The summed E-state index contributed by atoms with van der Waals surface area (Å²) in [5.74, 6) is 0.0636. The Morgan fingerprint density at radius 2 is 1.90 bits per heavy atom. The highest BCUT2D eigenvalue weighted by molar-refractivity contribution is 7.87. The molecule has 0 aliphatic rings. The van der Waals surface area contributed by atoms with Gasteiger partial charge in [0, 0.05) is 56.0 Å². The smallest absolute Gasteiger partial charge is 0.422 e. The van der Waals surface area contributed by atoms with E-state index in [0.29, 0.717) is 39.0 Å². The predicted molar refractivity (Wildman–Crippen MR) is 142 cm³/mol. The van der Waals surface area contributed by atoms with Crippen LogP contribution in [-0.4, -0.2) is 60.8 Å². The zero-order chi connectivity index (χ0) is 30.2. The highest BCUT2D eigenvalue weighted by Gasteiger charge is 2.32. The number of nitrogens with one attached hydrogen (secondary N) is 1. The normalized spacial score (nSPS) is 11.8. The van der Waals surface area contributed by atoms with Crippen LogP contribution in [0.3, 0.4) is 0 Å². The van der Waals surface area contributed by atoms with Crippen LogP contribution in [0.1, 0.15) is 24.5 Å². The third-order valence-corrected chi connectivity index (χ3v) is 7.13.